The molecule has 0 atom stereocenters. The molecule has 0 spiro atoms. The van der Waals surface area contributed by atoms with E-state index >= 15 is 0 Å². The average Bonchev–Trinajstić information content (AvgIpc) is 3.26. The Hall–Kier alpha value is -4.03. The van der Waals surface area contributed by atoms with Gasteiger partial charge in [0.15, 0.2) is 23.1 Å². The van der Waals surface area contributed by atoms with Crippen LogP contribution in [0.2, 0.25) is 0 Å². The van der Waals surface area contributed by atoms with Gasteiger partial charge in [-0.15, -0.1) is 0 Å². The Kier molecular flexibility index (Phi) is 8.46. The number of nitrogens with one attached hydrogen (secondary N) is 1. The molecule has 0 saturated heterocycles. The lowest BCUT2D eigenvalue weighted by Gasteiger charge is -2.20. The molecule has 0 saturated carbocycles. The van der Waals surface area contributed by atoms with E-state index in [0.717, 1.165) is 11.6 Å². The first-order chi connectivity index (χ1) is 17.3. The standard InChI is InChI=1S/C28H28FNO6S/c1-27(2,3)35-25(31)30-20-10-12-22(21(29)16-20)33-23-11-9-18(7-8-19-13-14-37-17-19)15-24(23)34-26(32)36-28(4,5)6/h9-17H,1-6H3,(H,30,31). The van der Waals surface area contributed by atoms with Crippen LogP contribution in [0.3, 0.4) is 0 Å². The van der Waals surface area contributed by atoms with E-state index in [9.17, 15) is 14.0 Å². The van der Waals surface area contributed by atoms with Crippen molar-refractivity contribution >= 4 is 29.3 Å². The van der Waals surface area contributed by atoms with Gasteiger partial charge in [-0.1, -0.05) is 11.8 Å². The van der Waals surface area contributed by atoms with E-state index in [4.69, 9.17) is 18.9 Å². The average molecular weight is 526 g/mol. The predicted octanol–water partition coefficient (Wildman–Crippen LogP) is 7.74. The fourth-order valence-electron chi connectivity index (χ4n) is 2.79. The van der Waals surface area contributed by atoms with Crippen LogP contribution in [0.5, 0.6) is 17.2 Å². The summed E-state index contributed by atoms with van der Waals surface area (Å²) in [7, 11) is 0. The van der Waals surface area contributed by atoms with Crippen molar-refractivity contribution in [1.82, 2.24) is 0 Å². The van der Waals surface area contributed by atoms with Crippen molar-refractivity contribution in [3.8, 4) is 29.1 Å². The number of amides is 1. The third kappa shape index (κ3) is 9.17. The summed E-state index contributed by atoms with van der Waals surface area (Å²) in [5, 5.41) is 6.29. The van der Waals surface area contributed by atoms with Crippen LogP contribution in [0, 0.1) is 17.7 Å². The summed E-state index contributed by atoms with van der Waals surface area (Å²) in [5.41, 5.74) is 0.105. The molecule has 3 aromatic rings. The van der Waals surface area contributed by atoms with Gasteiger partial charge < -0.3 is 18.9 Å². The summed E-state index contributed by atoms with van der Waals surface area (Å²) >= 11 is 1.53. The first kappa shape index (κ1) is 27.6. The van der Waals surface area contributed by atoms with Crippen LogP contribution in [-0.4, -0.2) is 23.5 Å². The fraction of sp³-hybridized carbons (Fsp3) is 0.286. The van der Waals surface area contributed by atoms with Gasteiger partial charge >= 0.3 is 12.2 Å². The highest BCUT2D eigenvalue weighted by Crippen LogP contribution is 2.35. The largest absolute Gasteiger partial charge is 0.514 e. The van der Waals surface area contributed by atoms with E-state index in [2.05, 4.69) is 17.2 Å². The van der Waals surface area contributed by atoms with Crippen molar-refractivity contribution in [2.45, 2.75) is 52.7 Å². The summed E-state index contributed by atoms with van der Waals surface area (Å²) in [6.45, 7) is 10.3. The van der Waals surface area contributed by atoms with E-state index in [1.807, 2.05) is 16.8 Å². The Labute approximate surface area is 219 Å². The van der Waals surface area contributed by atoms with E-state index in [-0.39, 0.29) is 22.9 Å². The Morgan fingerprint density at radius 1 is 0.838 bits per heavy atom. The Bertz CT molecular complexity index is 1330. The molecule has 1 amide bonds. The van der Waals surface area contributed by atoms with Gasteiger partial charge in [0.2, 0.25) is 0 Å². The smallest absolute Gasteiger partial charge is 0.450 e. The van der Waals surface area contributed by atoms with Crippen molar-refractivity contribution in [3.05, 3.63) is 70.2 Å². The van der Waals surface area contributed by atoms with Crippen LogP contribution in [0.15, 0.2) is 53.2 Å². The van der Waals surface area contributed by atoms with Gasteiger partial charge in [-0.25, -0.2) is 14.0 Å². The van der Waals surface area contributed by atoms with E-state index in [1.54, 1.807) is 47.6 Å². The second kappa shape index (κ2) is 11.4. The molecule has 0 fully saturated rings. The van der Waals surface area contributed by atoms with Crippen molar-refractivity contribution in [2.75, 3.05) is 5.32 Å². The van der Waals surface area contributed by atoms with Crippen LogP contribution >= 0.6 is 11.3 Å². The van der Waals surface area contributed by atoms with Crippen LogP contribution < -0.4 is 14.8 Å². The summed E-state index contributed by atoms with van der Waals surface area (Å²) in [4.78, 5) is 24.3. The predicted molar refractivity (Wildman–Crippen MR) is 140 cm³/mol. The zero-order chi connectivity index (χ0) is 27.2. The quantitative estimate of drug-likeness (QED) is 0.213. The first-order valence-corrected chi connectivity index (χ1v) is 12.3. The number of anilines is 1. The lowest BCUT2D eigenvalue weighted by molar-refractivity contribution is 0.0201. The highest BCUT2D eigenvalue weighted by Gasteiger charge is 2.21. The van der Waals surface area contributed by atoms with Gasteiger partial charge in [0.1, 0.15) is 11.2 Å². The molecule has 3 rings (SSSR count). The van der Waals surface area contributed by atoms with Crippen molar-refractivity contribution in [2.24, 2.45) is 0 Å². The number of hydrogen-bond acceptors (Lipinski definition) is 7. The Morgan fingerprint density at radius 2 is 1.51 bits per heavy atom. The molecule has 0 radical (unpaired) electrons. The second-order valence-corrected chi connectivity index (χ2v) is 10.6. The molecular formula is C28H28FNO6S. The molecule has 0 aliphatic heterocycles. The van der Waals surface area contributed by atoms with E-state index < -0.39 is 29.3 Å². The summed E-state index contributed by atoms with van der Waals surface area (Å²) < 4.78 is 36.3. The van der Waals surface area contributed by atoms with Crippen LogP contribution in [0.1, 0.15) is 52.7 Å². The van der Waals surface area contributed by atoms with Crippen LogP contribution in [-0.2, 0) is 9.47 Å². The zero-order valence-corrected chi connectivity index (χ0v) is 22.2. The molecule has 2 aromatic carbocycles. The van der Waals surface area contributed by atoms with Gasteiger partial charge in [-0.05, 0) is 77.3 Å². The molecule has 1 heterocycles. The molecule has 7 nitrogen and oxygen atoms in total. The first-order valence-electron chi connectivity index (χ1n) is 11.3. The Balaban J connectivity index is 1.84. The van der Waals surface area contributed by atoms with Gasteiger partial charge in [-0.3, -0.25) is 5.32 Å². The highest BCUT2D eigenvalue weighted by atomic mass is 32.1. The molecule has 1 N–H and O–H groups in total. The number of carbonyl (C=O) groups excluding carboxylic acids is 2. The number of halogens is 1. The third-order valence-electron chi connectivity index (χ3n) is 4.20. The lowest BCUT2D eigenvalue weighted by Crippen LogP contribution is -2.27. The van der Waals surface area contributed by atoms with Gasteiger partial charge in [-0.2, -0.15) is 11.3 Å². The molecule has 194 valence electrons. The second-order valence-electron chi connectivity index (χ2n) is 9.86. The maximum atomic E-state index is 14.8. The molecule has 1 aromatic heterocycles. The van der Waals surface area contributed by atoms with Gasteiger partial charge in [0.05, 0.1) is 0 Å². The SMILES string of the molecule is CC(C)(C)OC(=O)Nc1ccc(Oc2ccc(C#Cc3ccsc3)cc2OC(=O)OC(C)(C)C)c(F)c1. The number of rotatable bonds is 4. The lowest BCUT2D eigenvalue weighted by atomic mass is 10.2. The topological polar surface area (TPSA) is 83.1 Å². The van der Waals surface area contributed by atoms with Crippen LogP contribution in [0.4, 0.5) is 19.7 Å². The zero-order valence-electron chi connectivity index (χ0n) is 21.4. The summed E-state index contributed by atoms with van der Waals surface area (Å²) in [6.07, 6.45) is -1.66. The molecule has 0 aliphatic rings. The number of benzene rings is 2. The maximum Gasteiger partial charge on any atom is 0.514 e. The molecule has 0 aliphatic carbocycles. The van der Waals surface area contributed by atoms with Gasteiger partial charge in [0, 0.05) is 34.3 Å². The minimum absolute atomic E-state index is 0.00160. The monoisotopic (exact) mass is 525 g/mol. The summed E-state index contributed by atoms with van der Waals surface area (Å²) in [6, 6.07) is 10.5. The van der Waals surface area contributed by atoms with E-state index in [0.29, 0.717) is 5.56 Å². The van der Waals surface area contributed by atoms with Crippen molar-refractivity contribution < 1.29 is 32.9 Å². The molecular weight excluding hydrogens is 497 g/mol. The molecule has 37 heavy (non-hydrogen) atoms. The molecule has 0 bridgehead atoms. The molecule has 9 heteroatoms. The number of hydrogen-bond donors (Lipinski definition) is 1. The normalized spacial score (nSPS) is 11.1. The van der Waals surface area contributed by atoms with Crippen LogP contribution in [0.25, 0.3) is 0 Å². The van der Waals surface area contributed by atoms with E-state index in [1.165, 1.54) is 35.6 Å². The number of ether oxygens (including phenoxy) is 4. The fourth-order valence-corrected chi connectivity index (χ4v) is 3.38. The molecule has 0 unspecified atom stereocenters. The minimum atomic E-state index is -0.947. The Morgan fingerprint density at radius 3 is 2.14 bits per heavy atom. The highest BCUT2D eigenvalue weighted by molar-refractivity contribution is 7.08. The minimum Gasteiger partial charge on any atom is -0.450 e. The van der Waals surface area contributed by atoms with Gasteiger partial charge in [0.25, 0.3) is 0 Å². The number of carbonyl (C=O) groups is 2. The maximum absolute atomic E-state index is 14.8. The third-order valence-corrected chi connectivity index (χ3v) is 4.88. The number of thiophene rings is 1. The van der Waals surface area contributed by atoms with Crippen molar-refractivity contribution in [3.63, 3.8) is 0 Å². The summed E-state index contributed by atoms with van der Waals surface area (Å²) in [5.74, 6) is 5.18. The van der Waals surface area contributed by atoms with Crippen molar-refractivity contribution in [1.29, 1.82) is 0 Å².